The third-order valence-electron chi connectivity index (χ3n) is 2.90. The van der Waals surface area contributed by atoms with Gasteiger partial charge in [0.25, 0.3) is 0 Å². The zero-order valence-corrected chi connectivity index (χ0v) is 13.1. The largest absolute Gasteiger partial charge is 0.481 e. The number of unbranched alkanes of at least 4 members (excludes halogenated alkanes) is 4. The number of aliphatic hydroxyl groups is 1. The smallest absolute Gasteiger partial charge is 0.303 e. The molecule has 0 aromatic carbocycles. The predicted octanol–water partition coefficient (Wildman–Crippen LogP) is 4.08. The third-order valence-corrected chi connectivity index (χ3v) is 2.90. The molecular weight excluding hydrogens is 264 g/mol. The van der Waals surface area contributed by atoms with Gasteiger partial charge >= 0.3 is 5.97 Å². The molecule has 0 aliphatic carbocycles. The van der Waals surface area contributed by atoms with Crippen LogP contribution >= 0.6 is 0 Å². The van der Waals surface area contributed by atoms with E-state index in [2.05, 4.69) is 30.9 Å². The molecule has 0 fully saturated rings. The summed E-state index contributed by atoms with van der Waals surface area (Å²) >= 11 is 0. The van der Waals surface area contributed by atoms with Crippen molar-refractivity contribution in [1.82, 2.24) is 0 Å². The lowest BCUT2D eigenvalue weighted by molar-refractivity contribution is -0.137. The van der Waals surface area contributed by atoms with Crippen LogP contribution in [0.3, 0.4) is 0 Å². The van der Waals surface area contributed by atoms with E-state index in [0.29, 0.717) is 19.3 Å². The van der Waals surface area contributed by atoms with Crippen LogP contribution in [0, 0.1) is 11.8 Å². The first-order chi connectivity index (χ1) is 10.2. The Morgan fingerprint density at radius 2 is 1.95 bits per heavy atom. The molecule has 0 radical (unpaired) electrons. The zero-order valence-electron chi connectivity index (χ0n) is 13.1. The highest BCUT2D eigenvalue weighted by Gasteiger charge is 1.95. The van der Waals surface area contributed by atoms with E-state index in [0.717, 1.165) is 12.8 Å². The van der Waals surface area contributed by atoms with E-state index < -0.39 is 12.1 Å². The molecule has 2 N–H and O–H groups in total. The minimum absolute atomic E-state index is 0.154. The number of rotatable bonds is 11. The number of allylic oxidation sites excluding steroid dienone is 3. The summed E-state index contributed by atoms with van der Waals surface area (Å²) in [5.41, 5.74) is 0. The first kappa shape index (κ1) is 19.5. The molecule has 0 bridgehead atoms. The molecule has 1 atom stereocenters. The van der Waals surface area contributed by atoms with Gasteiger partial charge in [-0.05, 0) is 25.7 Å². The third kappa shape index (κ3) is 16.4. The lowest BCUT2D eigenvalue weighted by Gasteiger charge is -1.97. The van der Waals surface area contributed by atoms with Crippen LogP contribution in [0.5, 0.6) is 0 Å². The van der Waals surface area contributed by atoms with Crippen molar-refractivity contribution in [3.05, 3.63) is 24.3 Å². The van der Waals surface area contributed by atoms with Gasteiger partial charge in [0.15, 0.2) is 0 Å². The average molecular weight is 292 g/mol. The van der Waals surface area contributed by atoms with Crippen LogP contribution in [-0.4, -0.2) is 22.3 Å². The molecule has 0 amide bonds. The standard InChI is InChI=1S/C18H28O3/c1-2-3-4-5-6-7-8-11-14-17(19)15-12-9-10-13-16-18(20)21/h6-7,11,14,17,19H,2-5,8,10,13,15-16H2,1H3,(H,20,21). The van der Waals surface area contributed by atoms with Crippen molar-refractivity contribution in [2.75, 3.05) is 0 Å². The average Bonchev–Trinajstić information content (AvgIpc) is 2.45. The van der Waals surface area contributed by atoms with E-state index in [1.54, 1.807) is 6.08 Å². The maximum atomic E-state index is 10.3. The summed E-state index contributed by atoms with van der Waals surface area (Å²) in [6.07, 6.45) is 14.9. The number of aliphatic carboxylic acids is 1. The molecule has 0 aromatic heterocycles. The summed E-state index contributed by atoms with van der Waals surface area (Å²) in [6, 6.07) is 0. The molecule has 21 heavy (non-hydrogen) atoms. The fourth-order valence-electron chi connectivity index (χ4n) is 1.70. The number of carboxylic acids is 1. The first-order valence-electron chi connectivity index (χ1n) is 7.84. The second kappa shape index (κ2) is 14.9. The topological polar surface area (TPSA) is 57.5 Å². The summed E-state index contributed by atoms with van der Waals surface area (Å²) in [5, 5.41) is 18.1. The molecule has 0 aliphatic heterocycles. The predicted molar refractivity (Wildman–Crippen MR) is 86.9 cm³/mol. The molecule has 1 unspecified atom stereocenters. The van der Waals surface area contributed by atoms with Gasteiger partial charge in [0.2, 0.25) is 0 Å². The highest BCUT2D eigenvalue weighted by Crippen LogP contribution is 2.01. The van der Waals surface area contributed by atoms with E-state index in [1.807, 2.05) is 6.08 Å². The van der Waals surface area contributed by atoms with Crippen LogP contribution in [-0.2, 0) is 4.79 Å². The molecule has 0 aliphatic rings. The fraction of sp³-hybridized carbons (Fsp3) is 0.611. The molecule has 3 nitrogen and oxygen atoms in total. The van der Waals surface area contributed by atoms with Gasteiger partial charge in [-0.25, -0.2) is 0 Å². The molecule has 0 spiro atoms. The van der Waals surface area contributed by atoms with Crippen molar-refractivity contribution in [2.24, 2.45) is 0 Å². The number of carbonyl (C=O) groups is 1. The van der Waals surface area contributed by atoms with Gasteiger partial charge in [0.1, 0.15) is 0 Å². The van der Waals surface area contributed by atoms with Crippen molar-refractivity contribution in [1.29, 1.82) is 0 Å². The normalized spacial score (nSPS) is 12.5. The quantitative estimate of drug-likeness (QED) is 0.343. The number of hydrogen-bond acceptors (Lipinski definition) is 2. The highest BCUT2D eigenvalue weighted by atomic mass is 16.4. The fourth-order valence-corrected chi connectivity index (χ4v) is 1.70. The Morgan fingerprint density at radius 1 is 1.14 bits per heavy atom. The maximum absolute atomic E-state index is 10.3. The van der Waals surface area contributed by atoms with Crippen molar-refractivity contribution in [3.63, 3.8) is 0 Å². The minimum atomic E-state index is -0.789. The Hall–Kier alpha value is -1.53. The van der Waals surface area contributed by atoms with Gasteiger partial charge in [-0.3, -0.25) is 4.79 Å². The Morgan fingerprint density at radius 3 is 2.67 bits per heavy atom. The van der Waals surface area contributed by atoms with Crippen molar-refractivity contribution in [2.45, 2.75) is 70.8 Å². The Kier molecular flexibility index (Phi) is 13.8. The summed E-state index contributed by atoms with van der Waals surface area (Å²) in [7, 11) is 0. The lowest BCUT2D eigenvalue weighted by Crippen LogP contribution is -1.99. The van der Waals surface area contributed by atoms with Gasteiger partial charge in [-0.2, -0.15) is 0 Å². The molecule has 0 rings (SSSR count). The Labute approximate surface area is 128 Å². The summed E-state index contributed by atoms with van der Waals surface area (Å²) in [6.45, 7) is 2.20. The van der Waals surface area contributed by atoms with Crippen LogP contribution in [0.4, 0.5) is 0 Å². The van der Waals surface area contributed by atoms with Gasteiger partial charge in [0, 0.05) is 19.3 Å². The minimum Gasteiger partial charge on any atom is -0.481 e. The van der Waals surface area contributed by atoms with Crippen LogP contribution < -0.4 is 0 Å². The number of carboxylic acid groups (broad SMARTS) is 1. The van der Waals surface area contributed by atoms with E-state index in [1.165, 1.54) is 19.3 Å². The SMILES string of the molecule is CCCCCC=CCC=CC(O)CC#CCCCC(=O)O. The van der Waals surface area contributed by atoms with Crippen LogP contribution in [0.25, 0.3) is 0 Å². The van der Waals surface area contributed by atoms with Crippen molar-refractivity contribution in [3.8, 4) is 11.8 Å². The van der Waals surface area contributed by atoms with Crippen molar-refractivity contribution < 1.29 is 15.0 Å². The van der Waals surface area contributed by atoms with Crippen LogP contribution in [0.2, 0.25) is 0 Å². The summed E-state index contributed by atoms with van der Waals surface area (Å²) in [4.78, 5) is 10.3. The molecule has 118 valence electrons. The number of aliphatic hydroxyl groups excluding tert-OH is 1. The molecule has 0 saturated heterocycles. The van der Waals surface area contributed by atoms with Gasteiger partial charge in [0.05, 0.1) is 6.10 Å². The monoisotopic (exact) mass is 292 g/mol. The van der Waals surface area contributed by atoms with E-state index in [9.17, 15) is 9.90 Å². The molecular formula is C18H28O3. The highest BCUT2D eigenvalue weighted by molar-refractivity contribution is 5.66. The van der Waals surface area contributed by atoms with Gasteiger partial charge in [-0.15, -0.1) is 11.8 Å². The lowest BCUT2D eigenvalue weighted by atomic mass is 10.2. The number of hydrogen-bond donors (Lipinski definition) is 2. The first-order valence-corrected chi connectivity index (χ1v) is 7.84. The van der Waals surface area contributed by atoms with Gasteiger partial charge in [-0.1, -0.05) is 44.1 Å². The maximum Gasteiger partial charge on any atom is 0.303 e. The Bertz CT molecular complexity index is 372. The molecule has 3 heteroatoms. The van der Waals surface area contributed by atoms with Crippen LogP contribution in [0.1, 0.15) is 64.7 Å². The van der Waals surface area contributed by atoms with Crippen LogP contribution in [0.15, 0.2) is 24.3 Å². The van der Waals surface area contributed by atoms with Crippen molar-refractivity contribution >= 4 is 5.97 Å². The van der Waals surface area contributed by atoms with E-state index >= 15 is 0 Å². The Balaban J connectivity index is 3.60. The molecule has 0 aromatic rings. The zero-order chi connectivity index (χ0) is 15.8. The van der Waals surface area contributed by atoms with Gasteiger partial charge < -0.3 is 10.2 Å². The summed E-state index contributed by atoms with van der Waals surface area (Å²) < 4.78 is 0. The van der Waals surface area contributed by atoms with E-state index in [4.69, 9.17) is 5.11 Å². The summed E-state index contributed by atoms with van der Waals surface area (Å²) in [5.74, 6) is 4.96. The van der Waals surface area contributed by atoms with E-state index in [-0.39, 0.29) is 6.42 Å². The second-order valence-corrected chi connectivity index (χ2v) is 5.00. The second-order valence-electron chi connectivity index (χ2n) is 5.00. The molecule has 0 saturated carbocycles. The molecule has 0 heterocycles.